The molecule has 0 saturated carbocycles. The number of esters is 1. The van der Waals surface area contributed by atoms with Crippen LogP contribution in [0.1, 0.15) is 28.9 Å². The van der Waals surface area contributed by atoms with Crippen LogP contribution in [-0.2, 0) is 9.53 Å². The molecule has 0 aliphatic heterocycles. The molecule has 0 amide bonds. The van der Waals surface area contributed by atoms with Crippen molar-refractivity contribution < 1.29 is 13.9 Å². The summed E-state index contributed by atoms with van der Waals surface area (Å²) in [5.41, 5.74) is 3.96. The van der Waals surface area contributed by atoms with Crippen molar-refractivity contribution in [3.05, 3.63) is 65.2 Å². The molecule has 134 valence electrons. The second kappa shape index (κ2) is 8.19. The molecule has 5 nitrogen and oxygen atoms in total. The first-order valence-corrected chi connectivity index (χ1v) is 9.25. The normalized spacial score (nSPS) is 12.0. The Bertz CT molecular complexity index is 873. The molecule has 0 unspecified atom stereocenters. The number of aromatic nitrogens is 2. The first kappa shape index (κ1) is 18.2. The van der Waals surface area contributed by atoms with Crippen molar-refractivity contribution >= 4 is 17.7 Å². The Hall–Kier alpha value is -2.60. The Balaban J connectivity index is 1.86. The topological polar surface area (TPSA) is 65.2 Å². The summed E-state index contributed by atoms with van der Waals surface area (Å²) in [5, 5.41) is 8.01. The van der Waals surface area contributed by atoms with E-state index < -0.39 is 5.25 Å². The van der Waals surface area contributed by atoms with Crippen molar-refractivity contribution in [2.24, 2.45) is 0 Å². The fraction of sp³-hybridized carbons (Fsp3) is 0.250. The summed E-state index contributed by atoms with van der Waals surface area (Å²) in [4.78, 5) is 12.4. The van der Waals surface area contributed by atoms with Gasteiger partial charge in [-0.05, 0) is 50.2 Å². The highest BCUT2D eigenvalue weighted by atomic mass is 32.2. The molecule has 1 atom stereocenters. The van der Waals surface area contributed by atoms with Crippen LogP contribution in [0.2, 0.25) is 0 Å². The Labute approximate surface area is 156 Å². The highest BCUT2D eigenvalue weighted by Gasteiger charge is 2.26. The number of carbonyl (C=O) groups is 1. The van der Waals surface area contributed by atoms with E-state index in [1.807, 2.05) is 56.3 Å². The lowest BCUT2D eigenvalue weighted by Crippen LogP contribution is -2.13. The number of thioether (sulfide) groups is 1. The summed E-state index contributed by atoms with van der Waals surface area (Å²) in [5.74, 6) is 0.116. The van der Waals surface area contributed by atoms with Crippen molar-refractivity contribution in [3.8, 4) is 11.5 Å². The van der Waals surface area contributed by atoms with Crippen LogP contribution in [0, 0.1) is 13.8 Å². The summed E-state index contributed by atoms with van der Waals surface area (Å²) < 4.78 is 11.0. The lowest BCUT2D eigenvalue weighted by molar-refractivity contribution is -0.142. The SMILES string of the molecule is CCOC(=O)[C@H](Sc1nnc(-c2cc(C)cc(C)c2)o1)c1ccccc1. The van der Waals surface area contributed by atoms with Crippen molar-refractivity contribution in [2.45, 2.75) is 31.2 Å². The first-order chi connectivity index (χ1) is 12.6. The van der Waals surface area contributed by atoms with Crippen LogP contribution >= 0.6 is 11.8 Å². The summed E-state index contributed by atoms with van der Waals surface area (Å²) >= 11 is 1.20. The van der Waals surface area contributed by atoms with E-state index in [4.69, 9.17) is 9.15 Å². The maximum Gasteiger partial charge on any atom is 0.324 e. The van der Waals surface area contributed by atoms with Crippen LogP contribution in [0.3, 0.4) is 0 Å². The minimum Gasteiger partial charge on any atom is -0.465 e. The molecule has 0 aliphatic carbocycles. The number of ether oxygens (including phenoxy) is 1. The molecular formula is C20H20N2O3S. The number of hydrogen-bond donors (Lipinski definition) is 0. The second-order valence-electron chi connectivity index (χ2n) is 5.91. The van der Waals surface area contributed by atoms with Crippen molar-refractivity contribution in [2.75, 3.05) is 6.61 Å². The van der Waals surface area contributed by atoms with Gasteiger partial charge < -0.3 is 9.15 Å². The zero-order chi connectivity index (χ0) is 18.5. The molecule has 3 rings (SSSR count). The van der Waals surface area contributed by atoms with Gasteiger partial charge in [0.15, 0.2) is 0 Å². The number of hydrogen-bond acceptors (Lipinski definition) is 6. The van der Waals surface area contributed by atoms with Crippen molar-refractivity contribution in [1.82, 2.24) is 10.2 Å². The average molecular weight is 368 g/mol. The lowest BCUT2D eigenvalue weighted by Gasteiger charge is -2.13. The Morgan fingerprint density at radius 2 is 1.81 bits per heavy atom. The highest BCUT2D eigenvalue weighted by molar-refractivity contribution is 8.00. The van der Waals surface area contributed by atoms with Crippen molar-refractivity contribution in [3.63, 3.8) is 0 Å². The van der Waals surface area contributed by atoms with E-state index in [1.54, 1.807) is 6.92 Å². The fourth-order valence-corrected chi connectivity index (χ4v) is 3.55. The van der Waals surface area contributed by atoms with Crippen LogP contribution < -0.4 is 0 Å². The number of aryl methyl sites for hydroxylation is 2. The van der Waals surface area contributed by atoms with Crippen LogP contribution in [0.25, 0.3) is 11.5 Å². The maximum atomic E-state index is 12.4. The molecule has 0 bridgehead atoms. The summed E-state index contributed by atoms with van der Waals surface area (Å²) in [6.45, 7) is 6.15. The van der Waals surface area contributed by atoms with Gasteiger partial charge in [-0.3, -0.25) is 4.79 Å². The predicted molar refractivity (Wildman–Crippen MR) is 101 cm³/mol. The highest BCUT2D eigenvalue weighted by Crippen LogP contribution is 2.36. The third-order valence-corrected chi connectivity index (χ3v) is 4.76. The van der Waals surface area contributed by atoms with Gasteiger partial charge in [0.2, 0.25) is 5.89 Å². The molecule has 3 aromatic rings. The largest absolute Gasteiger partial charge is 0.465 e. The molecule has 0 aliphatic rings. The zero-order valence-electron chi connectivity index (χ0n) is 14.9. The van der Waals surface area contributed by atoms with E-state index in [0.29, 0.717) is 17.7 Å². The van der Waals surface area contributed by atoms with E-state index in [1.165, 1.54) is 11.8 Å². The number of carbonyl (C=O) groups excluding carboxylic acids is 1. The second-order valence-corrected chi connectivity index (χ2v) is 6.97. The standard InChI is InChI=1S/C20H20N2O3S/c1-4-24-19(23)17(15-8-6-5-7-9-15)26-20-22-21-18(25-20)16-11-13(2)10-14(3)12-16/h5-12,17H,4H2,1-3H3/t17-/m1/s1. The Kier molecular flexibility index (Phi) is 5.73. The van der Waals surface area contributed by atoms with Crippen LogP contribution in [-0.4, -0.2) is 22.8 Å². The molecule has 0 saturated heterocycles. The molecule has 0 N–H and O–H groups in total. The Morgan fingerprint density at radius 1 is 1.12 bits per heavy atom. The zero-order valence-corrected chi connectivity index (χ0v) is 15.7. The third kappa shape index (κ3) is 4.32. The minimum absolute atomic E-state index is 0.320. The van der Waals surface area contributed by atoms with Crippen LogP contribution in [0.15, 0.2) is 58.2 Å². The Morgan fingerprint density at radius 3 is 2.46 bits per heavy atom. The molecule has 2 aromatic carbocycles. The van der Waals surface area contributed by atoms with Gasteiger partial charge in [0.05, 0.1) is 6.61 Å². The van der Waals surface area contributed by atoms with Crippen LogP contribution in [0.5, 0.6) is 0 Å². The van der Waals surface area contributed by atoms with E-state index in [2.05, 4.69) is 16.3 Å². The molecular weight excluding hydrogens is 348 g/mol. The molecule has 0 fully saturated rings. The fourth-order valence-electron chi connectivity index (χ4n) is 2.67. The third-order valence-electron chi connectivity index (χ3n) is 3.70. The first-order valence-electron chi connectivity index (χ1n) is 8.37. The molecule has 1 heterocycles. The molecule has 1 aromatic heterocycles. The van der Waals surface area contributed by atoms with Gasteiger partial charge in [0.25, 0.3) is 5.22 Å². The van der Waals surface area contributed by atoms with E-state index in [-0.39, 0.29) is 5.97 Å². The monoisotopic (exact) mass is 368 g/mol. The van der Waals surface area contributed by atoms with Gasteiger partial charge in [-0.25, -0.2) is 0 Å². The van der Waals surface area contributed by atoms with Crippen LogP contribution in [0.4, 0.5) is 0 Å². The molecule has 6 heteroatoms. The lowest BCUT2D eigenvalue weighted by atomic mass is 10.1. The summed E-state index contributed by atoms with van der Waals surface area (Å²) in [7, 11) is 0. The van der Waals surface area contributed by atoms with Gasteiger partial charge in [0.1, 0.15) is 5.25 Å². The summed E-state index contributed by atoms with van der Waals surface area (Å²) in [6.07, 6.45) is 0. The van der Waals surface area contributed by atoms with Gasteiger partial charge in [0, 0.05) is 5.56 Å². The van der Waals surface area contributed by atoms with E-state index in [9.17, 15) is 4.79 Å². The van der Waals surface area contributed by atoms with Gasteiger partial charge in [-0.1, -0.05) is 47.5 Å². The van der Waals surface area contributed by atoms with Gasteiger partial charge in [-0.15, -0.1) is 10.2 Å². The average Bonchev–Trinajstić information content (AvgIpc) is 3.08. The minimum atomic E-state index is -0.552. The summed E-state index contributed by atoms with van der Waals surface area (Å²) in [6, 6.07) is 15.5. The van der Waals surface area contributed by atoms with Crippen molar-refractivity contribution in [1.29, 1.82) is 0 Å². The van der Waals surface area contributed by atoms with Gasteiger partial charge in [-0.2, -0.15) is 0 Å². The van der Waals surface area contributed by atoms with E-state index in [0.717, 1.165) is 22.3 Å². The number of rotatable bonds is 6. The smallest absolute Gasteiger partial charge is 0.324 e. The predicted octanol–water partition coefficient (Wildman–Crippen LogP) is 4.75. The quantitative estimate of drug-likeness (QED) is 0.462. The number of nitrogens with zero attached hydrogens (tertiary/aromatic N) is 2. The molecule has 26 heavy (non-hydrogen) atoms. The number of benzene rings is 2. The maximum absolute atomic E-state index is 12.4. The van der Waals surface area contributed by atoms with E-state index >= 15 is 0 Å². The molecule has 0 spiro atoms. The van der Waals surface area contributed by atoms with Gasteiger partial charge >= 0.3 is 5.97 Å². The molecule has 0 radical (unpaired) electrons.